The summed E-state index contributed by atoms with van der Waals surface area (Å²) in [6.45, 7) is 8.28. The van der Waals surface area contributed by atoms with E-state index in [0.29, 0.717) is 16.1 Å². The van der Waals surface area contributed by atoms with Crippen LogP contribution in [0.2, 0.25) is 10.3 Å². The Kier molecular flexibility index (Phi) is 9.14. The van der Waals surface area contributed by atoms with Crippen LogP contribution in [0.5, 0.6) is 11.5 Å². The highest BCUT2D eigenvalue weighted by Crippen LogP contribution is 2.19. The van der Waals surface area contributed by atoms with Gasteiger partial charge in [-0.25, -0.2) is 9.97 Å². The van der Waals surface area contributed by atoms with Gasteiger partial charge in [0.1, 0.15) is 27.4 Å². The van der Waals surface area contributed by atoms with Crippen LogP contribution in [0.1, 0.15) is 27.7 Å². The number of pyridine rings is 2. The van der Waals surface area contributed by atoms with Gasteiger partial charge in [0.25, 0.3) is 0 Å². The summed E-state index contributed by atoms with van der Waals surface area (Å²) in [7, 11) is 4.04. The maximum absolute atomic E-state index is 10.5. The van der Waals surface area contributed by atoms with Gasteiger partial charge in [-0.05, 0) is 66.1 Å². The molecule has 8 heteroatoms. The van der Waals surface area contributed by atoms with Gasteiger partial charge in [-0.3, -0.25) is 4.79 Å². The average molecular weight is 428 g/mol. The lowest BCUT2D eigenvalue weighted by Crippen LogP contribution is -2.39. The second-order valence-electron chi connectivity index (χ2n) is 7.56. The van der Waals surface area contributed by atoms with Crippen LogP contribution >= 0.6 is 23.2 Å². The van der Waals surface area contributed by atoms with Gasteiger partial charge >= 0.3 is 0 Å². The molecule has 2 heterocycles. The summed E-state index contributed by atoms with van der Waals surface area (Å²) in [5.74, 6) is 1.27. The molecule has 0 aromatic carbocycles. The Morgan fingerprint density at radius 3 is 1.75 bits per heavy atom. The maximum Gasteiger partial charge on any atom is 0.162 e. The average Bonchev–Trinajstić information content (AvgIpc) is 2.58. The number of carbonyl (C=O) groups is 1. The third-order valence-electron chi connectivity index (χ3n) is 3.16. The van der Waals surface area contributed by atoms with Crippen molar-refractivity contribution >= 4 is 29.5 Å². The predicted molar refractivity (Wildman–Crippen MR) is 113 cm³/mol. The number of halogens is 2. The van der Waals surface area contributed by atoms with Gasteiger partial charge < -0.3 is 14.4 Å². The minimum atomic E-state index is -0.824. The van der Waals surface area contributed by atoms with Crippen molar-refractivity contribution in [2.75, 3.05) is 20.6 Å². The van der Waals surface area contributed by atoms with Crippen molar-refractivity contribution in [3.8, 4) is 11.5 Å². The second kappa shape index (κ2) is 10.6. The molecule has 0 aliphatic carbocycles. The van der Waals surface area contributed by atoms with Gasteiger partial charge in [0.2, 0.25) is 0 Å². The van der Waals surface area contributed by atoms with E-state index in [-0.39, 0.29) is 5.60 Å². The van der Waals surface area contributed by atoms with E-state index >= 15 is 0 Å². The van der Waals surface area contributed by atoms with E-state index in [2.05, 4.69) is 14.9 Å². The third-order valence-corrected chi connectivity index (χ3v) is 3.60. The molecule has 0 spiro atoms. The summed E-state index contributed by atoms with van der Waals surface area (Å²) in [5, 5.41) is 0.879. The Hall–Kier alpha value is -1.89. The number of hydrogen-bond acceptors (Lipinski definition) is 6. The molecule has 2 aromatic rings. The number of ether oxygens (including phenoxy) is 2. The topological polar surface area (TPSA) is 64.5 Å². The van der Waals surface area contributed by atoms with Crippen molar-refractivity contribution in [1.82, 2.24) is 14.9 Å². The molecular formula is C20H27Cl2N3O3. The first-order valence-electron chi connectivity index (χ1n) is 8.65. The van der Waals surface area contributed by atoms with Gasteiger partial charge in [-0.2, -0.15) is 0 Å². The molecule has 0 bridgehead atoms. The number of rotatable bonds is 7. The lowest BCUT2D eigenvalue weighted by molar-refractivity contribution is -0.119. The van der Waals surface area contributed by atoms with Crippen LogP contribution in [0.25, 0.3) is 0 Å². The normalized spacial score (nSPS) is 11.5. The molecule has 0 atom stereocenters. The van der Waals surface area contributed by atoms with Crippen molar-refractivity contribution < 1.29 is 14.3 Å². The Balaban J connectivity index is 0.000000283. The zero-order chi connectivity index (χ0) is 21.4. The monoisotopic (exact) mass is 427 g/mol. The van der Waals surface area contributed by atoms with Crippen LogP contribution in [0.3, 0.4) is 0 Å². The van der Waals surface area contributed by atoms with Gasteiger partial charge in [0, 0.05) is 6.54 Å². The van der Waals surface area contributed by atoms with Crippen LogP contribution in [-0.4, -0.2) is 53.0 Å². The lowest BCUT2D eigenvalue weighted by Gasteiger charge is -2.29. The summed E-state index contributed by atoms with van der Waals surface area (Å²) in [6.07, 6.45) is 3.86. The SMILES string of the molecule is CC(C)(C=O)Oc1ccc(Cl)nc1.CN(C)CC(C)(C)Oc1ccc(Cl)nc1. The first-order chi connectivity index (χ1) is 12.9. The molecule has 0 amide bonds. The minimum absolute atomic E-state index is 0.237. The molecule has 2 rings (SSSR count). The number of hydrogen-bond donors (Lipinski definition) is 0. The Morgan fingerprint density at radius 2 is 1.39 bits per heavy atom. The van der Waals surface area contributed by atoms with E-state index in [0.717, 1.165) is 18.6 Å². The fourth-order valence-corrected chi connectivity index (χ4v) is 2.51. The summed E-state index contributed by atoms with van der Waals surface area (Å²) in [6, 6.07) is 6.83. The maximum atomic E-state index is 10.5. The first-order valence-corrected chi connectivity index (χ1v) is 9.40. The van der Waals surface area contributed by atoms with Gasteiger partial charge in [0.05, 0.1) is 12.4 Å². The fourth-order valence-electron chi connectivity index (χ4n) is 2.29. The minimum Gasteiger partial charge on any atom is -0.485 e. The van der Waals surface area contributed by atoms with Crippen LogP contribution in [0, 0.1) is 0 Å². The smallest absolute Gasteiger partial charge is 0.162 e. The van der Waals surface area contributed by atoms with Crippen molar-refractivity contribution in [2.24, 2.45) is 0 Å². The molecule has 6 nitrogen and oxygen atoms in total. The largest absolute Gasteiger partial charge is 0.485 e. The van der Waals surface area contributed by atoms with Crippen LogP contribution in [0.15, 0.2) is 36.7 Å². The quantitative estimate of drug-likeness (QED) is 0.477. The van der Waals surface area contributed by atoms with E-state index in [4.69, 9.17) is 32.7 Å². The summed E-state index contributed by atoms with van der Waals surface area (Å²) >= 11 is 11.3. The molecule has 0 saturated carbocycles. The molecule has 0 saturated heterocycles. The molecule has 0 N–H and O–H groups in total. The molecule has 0 radical (unpaired) electrons. The summed E-state index contributed by atoms with van der Waals surface area (Å²) in [5.41, 5.74) is -1.06. The van der Waals surface area contributed by atoms with Crippen LogP contribution < -0.4 is 9.47 Å². The van der Waals surface area contributed by atoms with E-state index < -0.39 is 5.60 Å². The van der Waals surface area contributed by atoms with Crippen molar-refractivity contribution in [3.63, 3.8) is 0 Å². The zero-order valence-electron chi connectivity index (χ0n) is 17.1. The highest BCUT2D eigenvalue weighted by molar-refractivity contribution is 6.29. The highest BCUT2D eigenvalue weighted by atomic mass is 35.5. The van der Waals surface area contributed by atoms with Gasteiger partial charge in [-0.15, -0.1) is 0 Å². The van der Waals surface area contributed by atoms with Crippen LogP contribution in [-0.2, 0) is 4.79 Å². The van der Waals surface area contributed by atoms with Crippen molar-refractivity contribution in [2.45, 2.75) is 38.9 Å². The zero-order valence-corrected chi connectivity index (χ0v) is 18.6. The molecule has 154 valence electrons. The molecule has 28 heavy (non-hydrogen) atoms. The fraction of sp³-hybridized carbons (Fsp3) is 0.450. The highest BCUT2D eigenvalue weighted by Gasteiger charge is 2.20. The Morgan fingerprint density at radius 1 is 0.929 bits per heavy atom. The Labute approximate surface area is 176 Å². The first kappa shape index (κ1) is 24.1. The standard InChI is InChI=1S/C11H17ClN2O.C9H10ClNO2/c1-11(2,8-14(3)4)15-9-5-6-10(12)13-7-9;1-9(2,6-12)13-7-3-4-8(10)11-5-7/h5-7H,8H2,1-4H3;3-6H,1-2H3. The van der Waals surface area contributed by atoms with E-state index in [1.807, 2.05) is 34.0 Å². The predicted octanol–water partition coefficient (Wildman–Crippen LogP) is 4.55. The summed E-state index contributed by atoms with van der Waals surface area (Å²) in [4.78, 5) is 20.4. The van der Waals surface area contributed by atoms with Crippen LogP contribution in [0.4, 0.5) is 0 Å². The van der Waals surface area contributed by atoms with Gasteiger partial charge in [-0.1, -0.05) is 23.2 Å². The number of likely N-dealkylation sites (N-methyl/N-ethyl adjacent to an activating group) is 1. The molecule has 0 aliphatic rings. The molecular weight excluding hydrogens is 401 g/mol. The lowest BCUT2D eigenvalue weighted by atomic mass is 10.1. The van der Waals surface area contributed by atoms with E-state index in [1.54, 1.807) is 38.2 Å². The molecule has 0 fully saturated rings. The Bertz CT molecular complexity index is 733. The van der Waals surface area contributed by atoms with E-state index in [9.17, 15) is 4.79 Å². The molecule has 0 aliphatic heterocycles. The van der Waals surface area contributed by atoms with Gasteiger partial charge in [0.15, 0.2) is 11.9 Å². The van der Waals surface area contributed by atoms with Crippen molar-refractivity contribution in [1.29, 1.82) is 0 Å². The third kappa shape index (κ3) is 9.88. The number of carbonyl (C=O) groups excluding carboxylic acids is 1. The summed E-state index contributed by atoms with van der Waals surface area (Å²) < 4.78 is 11.1. The molecule has 0 unspecified atom stereocenters. The number of nitrogens with zero attached hydrogens (tertiary/aromatic N) is 3. The molecule has 2 aromatic heterocycles. The van der Waals surface area contributed by atoms with E-state index in [1.165, 1.54) is 6.20 Å². The number of aromatic nitrogens is 2. The number of aldehydes is 1. The van der Waals surface area contributed by atoms with Crippen molar-refractivity contribution in [3.05, 3.63) is 47.0 Å². The second-order valence-corrected chi connectivity index (χ2v) is 8.33.